The van der Waals surface area contributed by atoms with Gasteiger partial charge in [0.05, 0.1) is 12.2 Å². The minimum absolute atomic E-state index is 0.0160. The summed E-state index contributed by atoms with van der Waals surface area (Å²) in [6.45, 7) is 9.58. The third-order valence-corrected chi connectivity index (χ3v) is 7.13. The fourth-order valence-corrected chi connectivity index (χ4v) is 4.55. The summed E-state index contributed by atoms with van der Waals surface area (Å²) in [5, 5.41) is 2.64. The molecule has 2 unspecified atom stereocenters. The molecule has 0 bridgehead atoms. The Morgan fingerprint density at radius 1 is 0.833 bits per heavy atom. The van der Waals surface area contributed by atoms with Crippen LogP contribution in [0.3, 0.4) is 0 Å². The summed E-state index contributed by atoms with van der Waals surface area (Å²) in [4.78, 5) is 38.0. The topological polar surface area (TPSA) is 81.7 Å². The Morgan fingerprint density at radius 3 is 2.04 bits per heavy atom. The van der Waals surface area contributed by atoms with Gasteiger partial charge in [0.15, 0.2) is 0 Å². The molecule has 0 radical (unpaired) electrons. The highest BCUT2D eigenvalue weighted by Gasteiger charge is 2.33. The van der Waals surface area contributed by atoms with Gasteiger partial charge in [-0.15, -0.1) is 0 Å². The molecular weight excluding hydrogens is 619 g/mol. The zero-order valence-electron chi connectivity index (χ0n) is 29.2. The Morgan fingerprint density at radius 2 is 1.44 bits per heavy atom. The summed E-state index contributed by atoms with van der Waals surface area (Å²) in [5.41, 5.74) is -1.40. The van der Waals surface area contributed by atoms with Gasteiger partial charge >= 0.3 is 18.1 Å². The van der Waals surface area contributed by atoms with Crippen LogP contribution in [0, 0.1) is 11.8 Å². The van der Waals surface area contributed by atoms with Crippen LogP contribution in [0.4, 0.5) is 13.2 Å². The minimum Gasteiger partial charge on any atom is -0.462 e. The van der Waals surface area contributed by atoms with E-state index in [1.54, 1.807) is 6.92 Å². The van der Waals surface area contributed by atoms with Crippen LogP contribution < -0.4 is 10.1 Å². The molecule has 0 saturated carbocycles. The molecule has 0 fully saturated rings. The van der Waals surface area contributed by atoms with Crippen LogP contribution in [0.2, 0.25) is 0 Å². The van der Waals surface area contributed by atoms with Gasteiger partial charge in [0.1, 0.15) is 17.4 Å². The number of amides is 1. The van der Waals surface area contributed by atoms with E-state index in [0.29, 0.717) is 18.4 Å². The van der Waals surface area contributed by atoms with Gasteiger partial charge in [-0.1, -0.05) is 88.5 Å². The number of ether oxygens (including phenoxy) is 2. The number of benzene rings is 1. The van der Waals surface area contributed by atoms with Gasteiger partial charge in [0.2, 0.25) is 5.91 Å². The van der Waals surface area contributed by atoms with Crippen molar-refractivity contribution in [1.82, 2.24) is 5.32 Å². The van der Waals surface area contributed by atoms with Crippen molar-refractivity contribution in [2.45, 2.75) is 111 Å². The highest BCUT2D eigenvalue weighted by molar-refractivity contribution is 5.94. The number of esters is 2. The standard InChI is InChI=1S/C39H54F3NO5/c1-6-8-9-10-11-12-13-14-17-20-23-31(5)24-21-18-15-16-19-22-25-36(44)43-34(28-30(3)4)38(46)48-35-29-32(39(40,41)42)26-27-33(35)37(45)47-7-2/h8-9,11-12,14,16-19,21,26-27,29-31,34H,6-7,10,13,15,20,22-25,28H2,1-5H3,(H,43,44)/b9-8-,12-11-,17-14-,19-16-,21-18-. The fraction of sp³-hybridized carbons (Fsp3) is 0.513. The second-order valence-electron chi connectivity index (χ2n) is 12.0. The van der Waals surface area contributed by atoms with Crippen LogP contribution in [0.15, 0.2) is 79.0 Å². The molecule has 1 rings (SSSR count). The Balaban J connectivity index is 2.54. The second-order valence-corrected chi connectivity index (χ2v) is 12.0. The smallest absolute Gasteiger partial charge is 0.416 e. The Bertz CT molecular complexity index is 1260. The maximum atomic E-state index is 13.3. The third-order valence-electron chi connectivity index (χ3n) is 7.13. The highest BCUT2D eigenvalue weighted by Crippen LogP contribution is 2.33. The van der Waals surface area contributed by atoms with E-state index in [1.807, 2.05) is 26.0 Å². The van der Waals surface area contributed by atoms with E-state index in [2.05, 4.69) is 67.8 Å². The Labute approximate surface area is 285 Å². The number of hydrogen-bond acceptors (Lipinski definition) is 5. The lowest BCUT2D eigenvalue weighted by Gasteiger charge is -2.20. The molecule has 2 atom stereocenters. The van der Waals surface area contributed by atoms with Crippen molar-refractivity contribution < 1.29 is 37.0 Å². The van der Waals surface area contributed by atoms with E-state index in [-0.39, 0.29) is 30.9 Å². The van der Waals surface area contributed by atoms with Gasteiger partial charge < -0.3 is 14.8 Å². The largest absolute Gasteiger partial charge is 0.462 e. The van der Waals surface area contributed by atoms with Crippen molar-refractivity contribution in [2.24, 2.45) is 11.8 Å². The predicted molar refractivity (Wildman–Crippen MR) is 187 cm³/mol. The SMILES string of the molecule is CC/C=C\C/C=C\C/C=C\CCC(C)C/C=C\C/C=C\CCC(=O)NC(CC(C)C)C(=O)Oc1cc(C(F)(F)F)ccc1C(=O)OCC. The lowest BCUT2D eigenvalue weighted by atomic mass is 10.0. The van der Waals surface area contributed by atoms with Crippen molar-refractivity contribution in [2.75, 3.05) is 6.61 Å². The molecule has 48 heavy (non-hydrogen) atoms. The van der Waals surface area contributed by atoms with Gasteiger partial charge in [-0.25, -0.2) is 9.59 Å². The molecule has 0 spiro atoms. The number of rotatable bonds is 22. The lowest BCUT2D eigenvalue weighted by molar-refractivity contribution is -0.141. The third kappa shape index (κ3) is 19.1. The van der Waals surface area contributed by atoms with Crippen LogP contribution in [0.25, 0.3) is 0 Å². The maximum Gasteiger partial charge on any atom is 0.416 e. The first-order valence-electron chi connectivity index (χ1n) is 17.0. The number of halogens is 3. The van der Waals surface area contributed by atoms with Crippen molar-refractivity contribution in [3.63, 3.8) is 0 Å². The molecular formula is C39H54F3NO5. The van der Waals surface area contributed by atoms with E-state index >= 15 is 0 Å². The van der Waals surface area contributed by atoms with E-state index in [4.69, 9.17) is 9.47 Å². The molecule has 0 aliphatic heterocycles. The van der Waals surface area contributed by atoms with Crippen molar-refractivity contribution in [3.8, 4) is 5.75 Å². The van der Waals surface area contributed by atoms with Crippen LogP contribution >= 0.6 is 0 Å². The molecule has 266 valence electrons. The molecule has 1 N–H and O–H groups in total. The molecule has 1 amide bonds. The lowest BCUT2D eigenvalue weighted by Crippen LogP contribution is -2.44. The molecule has 0 saturated heterocycles. The second kappa shape index (κ2) is 24.3. The first-order valence-corrected chi connectivity index (χ1v) is 17.0. The van der Waals surface area contributed by atoms with Gasteiger partial charge in [-0.2, -0.15) is 13.2 Å². The number of nitrogens with one attached hydrogen (secondary N) is 1. The number of alkyl halides is 3. The molecule has 0 heterocycles. The molecule has 1 aromatic carbocycles. The quantitative estimate of drug-likeness (QED) is 0.0753. The normalized spacial score (nSPS) is 13.8. The molecule has 6 nitrogen and oxygen atoms in total. The highest BCUT2D eigenvalue weighted by atomic mass is 19.4. The van der Waals surface area contributed by atoms with E-state index in [0.717, 1.165) is 57.1 Å². The van der Waals surface area contributed by atoms with Gasteiger partial charge in [0, 0.05) is 6.42 Å². The Hall–Kier alpha value is -3.88. The van der Waals surface area contributed by atoms with Crippen LogP contribution in [0.5, 0.6) is 5.75 Å². The van der Waals surface area contributed by atoms with Gasteiger partial charge in [-0.3, -0.25) is 4.79 Å². The summed E-state index contributed by atoms with van der Waals surface area (Å²) in [7, 11) is 0. The van der Waals surface area contributed by atoms with Crippen molar-refractivity contribution in [1.29, 1.82) is 0 Å². The number of carbonyl (C=O) groups excluding carboxylic acids is 3. The zero-order chi connectivity index (χ0) is 35.8. The summed E-state index contributed by atoms with van der Waals surface area (Å²) in [5.74, 6) is -2.30. The Kier molecular flexibility index (Phi) is 21.3. The van der Waals surface area contributed by atoms with Crippen LogP contribution in [-0.2, 0) is 20.5 Å². The van der Waals surface area contributed by atoms with Crippen LogP contribution in [0.1, 0.15) is 115 Å². The summed E-state index contributed by atoms with van der Waals surface area (Å²) in [6, 6.07) is 1.11. The number of carbonyl (C=O) groups is 3. The molecule has 1 aromatic rings. The van der Waals surface area contributed by atoms with Crippen LogP contribution in [-0.4, -0.2) is 30.5 Å². The average Bonchev–Trinajstić information content (AvgIpc) is 3.02. The first kappa shape index (κ1) is 42.1. The van der Waals surface area contributed by atoms with Crippen molar-refractivity contribution >= 4 is 17.8 Å². The summed E-state index contributed by atoms with van der Waals surface area (Å²) >= 11 is 0. The van der Waals surface area contributed by atoms with Crippen molar-refractivity contribution in [3.05, 3.63) is 90.1 Å². The predicted octanol–water partition coefficient (Wildman–Crippen LogP) is 10.3. The molecule has 0 aromatic heterocycles. The molecule has 0 aliphatic carbocycles. The molecule has 0 aliphatic rings. The van der Waals surface area contributed by atoms with E-state index in [1.165, 1.54) is 0 Å². The first-order chi connectivity index (χ1) is 22.9. The van der Waals surface area contributed by atoms with Gasteiger partial charge in [0.25, 0.3) is 0 Å². The zero-order valence-corrected chi connectivity index (χ0v) is 29.2. The average molecular weight is 674 g/mol. The number of hydrogen-bond donors (Lipinski definition) is 1. The minimum atomic E-state index is -4.72. The molecule has 9 heteroatoms. The summed E-state index contributed by atoms with van der Waals surface area (Å²) in [6.07, 6.45) is 24.4. The van der Waals surface area contributed by atoms with E-state index < -0.39 is 41.4 Å². The summed E-state index contributed by atoms with van der Waals surface area (Å²) < 4.78 is 50.2. The monoisotopic (exact) mass is 673 g/mol. The van der Waals surface area contributed by atoms with E-state index in [9.17, 15) is 27.6 Å². The number of allylic oxidation sites excluding steroid dienone is 10. The van der Waals surface area contributed by atoms with Gasteiger partial charge in [-0.05, 0) is 94.7 Å². The maximum absolute atomic E-state index is 13.3. The fourth-order valence-electron chi connectivity index (χ4n) is 4.55.